The number of imidazole rings is 1. The van der Waals surface area contributed by atoms with Gasteiger partial charge in [-0.05, 0) is 35.1 Å². The molecule has 1 heterocycles. The van der Waals surface area contributed by atoms with E-state index >= 15 is 0 Å². The molecule has 2 rings (SSSR count). The van der Waals surface area contributed by atoms with Crippen LogP contribution in [0.3, 0.4) is 0 Å². The van der Waals surface area contributed by atoms with Gasteiger partial charge in [-0.25, -0.2) is 9.37 Å². The summed E-state index contributed by atoms with van der Waals surface area (Å²) in [6, 6.07) is 6.44. The molecule has 1 aromatic heterocycles. The first-order valence-corrected chi connectivity index (χ1v) is 6.04. The summed E-state index contributed by atoms with van der Waals surface area (Å²) in [6.07, 6.45) is 0. The van der Waals surface area contributed by atoms with Crippen LogP contribution in [0, 0.1) is 5.82 Å². The fraction of sp³-hybridized carbons (Fsp3) is 0.250. The molecule has 1 N–H and O–H groups in total. The molecule has 0 radical (unpaired) electrons. The van der Waals surface area contributed by atoms with Crippen molar-refractivity contribution in [3.8, 4) is 11.4 Å². The van der Waals surface area contributed by atoms with Crippen molar-refractivity contribution in [2.45, 2.75) is 6.54 Å². The van der Waals surface area contributed by atoms with Crippen molar-refractivity contribution in [3.05, 3.63) is 40.4 Å². The summed E-state index contributed by atoms with van der Waals surface area (Å²) in [7, 11) is 3.80. The highest BCUT2D eigenvalue weighted by Crippen LogP contribution is 2.25. The van der Waals surface area contributed by atoms with Gasteiger partial charge in [0.1, 0.15) is 16.2 Å². The van der Waals surface area contributed by atoms with Gasteiger partial charge in [0, 0.05) is 19.2 Å². The summed E-state index contributed by atoms with van der Waals surface area (Å²) < 4.78 is 15.9. The predicted molar refractivity (Wildman–Crippen MR) is 69.1 cm³/mol. The van der Waals surface area contributed by atoms with E-state index < -0.39 is 0 Å². The van der Waals surface area contributed by atoms with Crippen LogP contribution in [-0.2, 0) is 13.6 Å². The van der Waals surface area contributed by atoms with E-state index in [2.05, 4.69) is 26.2 Å². The third-order valence-electron chi connectivity index (χ3n) is 2.59. The lowest BCUT2D eigenvalue weighted by molar-refractivity contribution is 0.628. The second kappa shape index (κ2) is 4.98. The number of hydrogen-bond acceptors (Lipinski definition) is 2. The molecule has 0 aliphatic carbocycles. The van der Waals surface area contributed by atoms with Crippen LogP contribution in [0.1, 0.15) is 5.69 Å². The Morgan fingerprint density at radius 2 is 2.24 bits per heavy atom. The first-order valence-electron chi connectivity index (χ1n) is 5.25. The fourth-order valence-electron chi connectivity index (χ4n) is 1.74. The molecule has 0 saturated heterocycles. The Morgan fingerprint density at radius 1 is 1.47 bits per heavy atom. The summed E-state index contributed by atoms with van der Waals surface area (Å²) in [4.78, 5) is 4.41. The van der Waals surface area contributed by atoms with Gasteiger partial charge >= 0.3 is 0 Å². The molecule has 0 aliphatic rings. The van der Waals surface area contributed by atoms with Crippen LogP contribution in [0.15, 0.2) is 28.9 Å². The van der Waals surface area contributed by atoms with Crippen molar-refractivity contribution in [1.82, 2.24) is 14.9 Å². The molecule has 5 heteroatoms. The van der Waals surface area contributed by atoms with Gasteiger partial charge in [-0.2, -0.15) is 0 Å². The average molecular weight is 298 g/mol. The number of hydrogen-bond donors (Lipinski definition) is 1. The molecule has 0 saturated carbocycles. The van der Waals surface area contributed by atoms with Gasteiger partial charge in [-0.3, -0.25) is 0 Å². The maximum absolute atomic E-state index is 13.2. The zero-order valence-corrected chi connectivity index (χ0v) is 11.3. The van der Waals surface area contributed by atoms with Crippen molar-refractivity contribution in [2.75, 3.05) is 7.05 Å². The molecule has 0 fully saturated rings. The Bertz CT molecular complexity index is 537. The predicted octanol–water partition coefficient (Wildman–Crippen LogP) is 2.71. The summed E-state index contributed by atoms with van der Waals surface area (Å²) in [5.74, 6) is 0.499. The Morgan fingerprint density at radius 3 is 2.88 bits per heavy atom. The summed E-state index contributed by atoms with van der Waals surface area (Å²) >= 11 is 3.42. The fourth-order valence-corrected chi connectivity index (χ4v) is 2.32. The van der Waals surface area contributed by atoms with Crippen LogP contribution >= 0.6 is 15.9 Å². The van der Waals surface area contributed by atoms with Gasteiger partial charge in [-0.15, -0.1) is 0 Å². The van der Waals surface area contributed by atoms with E-state index in [0.717, 1.165) is 21.7 Å². The Kier molecular flexibility index (Phi) is 3.59. The van der Waals surface area contributed by atoms with Gasteiger partial charge in [0.05, 0.1) is 5.69 Å². The van der Waals surface area contributed by atoms with Crippen molar-refractivity contribution in [2.24, 2.45) is 7.05 Å². The van der Waals surface area contributed by atoms with Crippen molar-refractivity contribution in [3.63, 3.8) is 0 Å². The molecule has 1 aromatic carbocycles. The van der Waals surface area contributed by atoms with Crippen molar-refractivity contribution >= 4 is 15.9 Å². The minimum atomic E-state index is -0.253. The minimum Gasteiger partial charge on any atom is -0.329 e. The number of nitrogens with one attached hydrogen (secondary N) is 1. The van der Waals surface area contributed by atoms with Crippen LogP contribution < -0.4 is 5.32 Å². The maximum Gasteiger partial charge on any atom is 0.141 e. The standard InChI is InChI=1S/C12H13BrFN3/c1-15-7-10-11(13)16-12(17(10)2)8-4-3-5-9(14)6-8/h3-6,15H,7H2,1-2H3. The highest BCUT2D eigenvalue weighted by molar-refractivity contribution is 9.10. The second-order valence-corrected chi connectivity index (χ2v) is 4.52. The van der Waals surface area contributed by atoms with Crippen LogP contribution in [0.2, 0.25) is 0 Å². The van der Waals surface area contributed by atoms with Crippen molar-refractivity contribution in [1.29, 1.82) is 0 Å². The molecular formula is C12H13BrFN3. The van der Waals surface area contributed by atoms with Crippen LogP contribution in [0.25, 0.3) is 11.4 Å². The number of nitrogens with zero attached hydrogens (tertiary/aromatic N) is 2. The summed E-state index contributed by atoms with van der Waals surface area (Å²) in [5, 5.41) is 3.08. The molecular weight excluding hydrogens is 285 g/mol. The lowest BCUT2D eigenvalue weighted by Gasteiger charge is -2.05. The van der Waals surface area contributed by atoms with Crippen LogP contribution in [0.5, 0.6) is 0 Å². The molecule has 0 spiro atoms. The summed E-state index contributed by atoms with van der Waals surface area (Å²) in [6.45, 7) is 0.708. The third kappa shape index (κ3) is 2.40. The van der Waals surface area contributed by atoms with Crippen LogP contribution in [0.4, 0.5) is 4.39 Å². The molecule has 17 heavy (non-hydrogen) atoms. The first kappa shape index (κ1) is 12.3. The van der Waals surface area contributed by atoms with Gasteiger partial charge in [0.25, 0.3) is 0 Å². The average Bonchev–Trinajstić information content (AvgIpc) is 2.57. The van der Waals surface area contributed by atoms with E-state index in [1.165, 1.54) is 12.1 Å². The highest BCUT2D eigenvalue weighted by atomic mass is 79.9. The number of halogens is 2. The molecule has 0 amide bonds. The minimum absolute atomic E-state index is 0.253. The second-order valence-electron chi connectivity index (χ2n) is 3.77. The van der Waals surface area contributed by atoms with Gasteiger partial charge < -0.3 is 9.88 Å². The first-order chi connectivity index (χ1) is 8.13. The van der Waals surface area contributed by atoms with E-state index in [4.69, 9.17) is 0 Å². The number of benzene rings is 1. The van der Waals surface area contributed by atoms with E-state index in [1.807, 2.05) is 24.7 Å². The van der Waals surface area contributed by atoms with Gasteiger partial charge in [-0.1, -0.05) is 12.1 Å². The van der Waals surface area contributed by atoms with Crippen molar-refractivity contribution < 1.29 is 4.39 Å². The summed E-state index contributed by atoms with van der Waals surface area (Å²) in [5.41, 5.74) is 1.81. The molecule has 2 aromatic rings. The quantitative estimate of drug-likeness (QED) is 0.944. The molecule has 90 valence electrons. The highest BCUT2D eigenvalue weighted by Gasteiger charge is 2.13. The van der Waals surface area contributed by atoms with Crippen LogP contribution in [-0.4, -0.2) is 16.6 Å². The zero-order chi connectivity index (χ0) is 12.4. The SMILES string of the molecule is CNCc1c(Br)nc(-c2cccc(F)c2)n1C. The van der Waals surface area contributed by atoms with E-state index in [0.29, 0.717) is 6.54 Å². The topological polar surface area (TPSA) is 29.9 Å². The third-order valence-corrected chi connectivity index (χ3v) is 3.23. The van der Waals surface area contributed by atoms with Gasteiger partial charge in [0.2, 0.25) is 0 Å². The number of aromatic nitrogens is 2. The molecule has 0 bridgehead atoms. The lowest BCUT2D eigenvalue weighted by atomic mass is 10.2. The Balaban J connectivity index is 2.50. The molecule has 0 aliphatic heterocycles. The largest absolute Gasteiger partial charge is 0.329 e. The monoisotopic (exact) mass is 297 g/mol. The van der Waals surface area contributed by atoms with Gasteiger partial charge in [0.15, 0.2) is 0 Å². The normalized spacial score (nSPS) is 10.8. The Labute approximate surface area is 108 Å². The van der Waals surface area contributed by atoms with E-state index in [1.54, 1.807) is 6.07 Å². The van der Waals surface area contributed by atoms with E-state index in [9.17, 15) is 4.39 Å². The maximum atomic E-state index is 13.2. The Hall–Kier alpha value is -1.20. The van der Waals surface area contributed by atoms with E-state index in [-0.39, 0.29) is 5.82 Å². The molecule has 0 unspecified atom stereocenters. The molecule has 0 atom stereocenters. The zero-order valence-electron chi connectivity index (χ0n) is 9.67. The lowest BCUT2D eigenvalue weighted by Crippen LogP contribution is -2.10. The smallest absolute Gasteiger partial charge is 0.141 e. The molecule has 3 nitrogen and oxygen atoms in total. The number of rotatable bonds is 3.